The predicted octanol–water partition coefficient (Wildman–Crippen LogP) is 5.16. The Labute approximate surface area is 214 Å². The molecule has 0 radical (unpaired) electrons. The average molecular weight is 496 g/mol. The Balaban J connectivity index is 1.40. The number of carbonyl (C=O) groups excluding carboxylic acids is 2. The quantitative estimate of drug-likeness (QED) is 0.413. The van der Waals surface area contributed by atoms with Gasteiger partial charge in [0.25, 0.3) is 5.91 Å². The van der Waals surface area contributed by atoms with Crippen molar-refractivity contribution in [1.29, 1.82) is 0 Å². The minimum Gasteiger partial charge on any atom is -0.322 e. The molecule has 0 spiro atoms. The Hall–Kier alpha value is -4.46. The van der Waals surface area contributed by atoms with E-state index in [9.17, 15) is 14.0 Å². The van der Waals surface area contributed by atoms with Gasteiger partial charge in [-0.25, -0.2) is 14.4 Å². The monoisotopic (exact) mass is 495 g/mol. The maximum absolute atomic E-state index is 14.8. The Kier molecular flexibility index (Phi) is 6.25. The van der Waals surface area contributed by atoms with Gasteiger partial charge < -0.3 is 10.2 Å². The first-order valence-corrected chi connectivity index (χ1v) is 12.0. The van der Waals surface area contributed by atoms with Gasteiger partial charge >= 0.3 is 0 Å². The summed E-state index contributed by atoms with van der Waals surface area (Å²) in [6.45, 7) is 6.30. The lowest BCUT2D eigenvalue weighted by Gasteiger charge is -2.19. The molecule has 0 unspecified atom stereocenters. The lowest BCUT2D eigenvalue weighted by molar-refractivity contribution is -0.116. The fraction of sp³-hybridized carbons (Fsp3) is 0.207. The van der Waals surface area contributed by atoms with Gasteiger partial charge in [-0.3, -0.25) is 14.6 Å². The summed E-state index contributed by atoms with van der Waals surface area (Å²) < 4.78 is 14.8. The SMILES string of the molecule is CC(=O)N1CC(C)(C)c2ccc(NC(=O)c3ccc(F)c(Cc4ncccc4-c4ccncn4)c3)cc21. The number of hydrogen-bond donors (Lipinski definition) is 1. The second-order valence-electron chi connectivity index (χ2n) is 9.75. The number of pyridine rings is 1. The molecule has 0 atom stereocenters. The standard InChI is InChI=1S/C29H26FN5O2/c1-18(36)35-16-29(2,3)23-8-7-21(15-27(23)35)34-28(37)19-6-9-24(30)20(13-19)14-26-22(5-4-11-32-26)25-10-12-31-17-33-25/h4-13,15,17H,14,16H2,1-3H3,(H,34,37). The zero-order chi connectivity index (χ0) is 26.2. The molecule has 2 amide bonds. The topological polar surface area (TPSA) is 88.1 Å². The number of nitrogens with zero attached hydrogens (tertiary/aromatic N) is 4. The Morgan fingerprint density at radius 2 is 1.89 bits per heavy atom. The molecule has 1 aliphatic rings. The molecule has 5 rings (SSSR count). The maximum atomic E-state index is 14.8. The Bertz CT molecular complexity index is 1500. The molecule has 8 heteroatoms. The summed E-state index contributed by atoms with van der Waals surface area (Å²) in [5.74, 6) is -0.841. The van der Waals surface area contributed by atoms with E-state index in [1.54, 1.807) is 35.5 Å². The molecule has 1 N–H and O–H groups in total. The fourth-order valence-corrected chi connectivity index (χ4v) is 4.75. The van der Waals surface area contributed by atoms with E-state index < -0.39 is 5.82 Å². The minimum absolute atomic E-state index is 0.0469. The van der Waals surface area contributed by atoms with Crippen molar-refractivity contribution in [3.05, 3.63) is 102 Å². The van der Waals surface area contributed by atoms with Gasteiger partial charge in [0.15, 0.2) is 0 Å². The minimum atomic E-state index is -0.423. The largest absolute Gasteiger partial charge is 0.322 e. The van der Waals surface area contributed by atoms with E-state index >= 15 is 0 Å². The third-order valence-electron chi connectivity index (χ3n) is 6.62. The molecule has 2 aromatic carbocycles. The summed E-state index contributed by atoms with van der Waals surface area (Å²) in [6, 6.07) is 15.3. The number of hydrogen-bond acceptors (Lipinski definition) is 5. The van der Waals surface area contributed by atoms with E-state index in [1.807, 2.05) is 24.3 Å². The second kappa shape index (κ2) is 9.54. The number of benzene rings is 2. The average Bonchev–Trinajstić information content (AvgIpc) is 3.16. The highest BCUT2D eigenvalue weighted by atomic mass is 19.1. The molecule has 186 valence electrons. The lowest BCUT2D eigenvalue weighted by atomic mass is 9.87. The van der Waals surface area contributed by atoms with Crippen LogP contribution in [0.2, 0.25) is 0 Å². The van der Waals surface area contributed by atoms with Crippen LogP contribution in [0.1, 0.15) is 48.0 Å². The number of nitrogens with one attached hydrogen (secondary N) is 1. The van der Waals surface area contributed by atoms with Gasteiger partial charge in [-0.2, -0.15) is 0 Å². The first kappa shape index (κ1) is 24.2. The first-order chi connectivity index (χ1) is 17.7. The van der Waals surface area contributed by atoms with Crippen LogP contribution < -0.4 is 10.2 Å². The lowest BCUT2D eigenvalue weighted by Crippen LogP contribution is -2.32. The molecule has 0 fully saturated rings. The van der Waals surface area contributed by atoms with Gasteiger partial charge in [0.1, 0.15) is 12.1 Å². The highest BCUT2D eigenvalue weighted by Crippen LogP contribution is 2.41. The van der Waals surface area contributed by atoms with E-state index in [2.05, 4.69) is 34.1 Å². The number of carbonyl (C=O) groups is 2. The van der Waals surface area contributed by atoms with Crippen LogP contribution >= 0.6 is 0 Å². The third-order valence-corrected chi connectivity index (χ3v) is 6.62. The molecule has 7 nitrogen and oxygen atoms in total. The fourth-order valence-electron chi connectivity index (χ4n) is 4.75. The summed E-state index contributed by atoms with van der Waals surface area (Å²) in [5.41, 5.74) is 5.01. The normalized spacial score (nSPS) is 13.8. The molecule has 0 bridgehead atoms. The maximum Gasteiger partial charge on any atom is 0.255 e. The highest BCUT2D eigenvalue weighted by Gasteiger charge is 2.37. The van der Waals surface area contributed by atoms with Crippen molar-refractivity contribution in [2.45, 2.75) is 32.6 Å². The van der Waals surface area contributed by atoms with Crippen LogP contribution in [0.25, 0.3) is 11.3 Å². The molecule has 0 saturated heterocycles. The van der Waals surface area contributed by atoms with Gasteiger partial charge in [-0.15, -0.1) is 0 Å². The number of aromatic nitrogens is 3. The number of amides is 2. The zero-order valence-electron chi connectivity index (χ0n) is 20.8. The van der Waals surface area contributed by atoms with Crippen molar-refractivity contribution in [1.82, 2.24) is 15.0 Å². The first-order valence-electron chi connectivity index (χ1n) is 12.0. The molecule has 0 aliphatic carbocycles. The number of rotatable bonds is 5. The summed E-state index contributed by atoms with van der Waals surface area (Å²) in [6.07, 6.45) is 4.93. The molecule has 2 aromatic heterocycles. The van der Waals surface area contributed by atoms with E-state index in [4.69, 9.17) is 0 Å². The van der Waals surface area contributed by atoms with Crippen LogP contribution in [0.5, 0.6) is 0 Å². The van der Waals surface area contributed by atoms with E-state index in [1.165, 1.54) is 25.4 Å². The molecule has 1 aliphatic heterocycles. The van der Waals surface area contributed by atoms with Gasteiger partial charge in [0, 0.05) is 60.2 Å². The molecule has 3 heterocycles. The number of anilines is 2. The van der Waals surface area contributed by atoms with E-state index in [-0.39, 0.29) is 23.7 Å². The van der Waals surface area contributed by atoms with Crippen LogP contribution in [-0.2, 0) is 16.6 Å². The predicted molar refractivity (Wildman–Crippen MR) is 140 cm³/mol. The molecular formula is C29H26FN5O2. The van der Waals surface area contributed by atoms with Gasteiger partial charge in [-0.05, 0) is 59.7 Å². The van der Waals surface area contributed by atoms with Crippen molar-refractivity contribution < 1.29 is 14.0 Å². The number of fused-ring (bicyclic) bond motifs is 1. The van der Waals surface area contributed by atoms with Crippen molar-refractivity contribution in [2.24, 2.45) is 0 Å². The smallest absolute Gasteiger partial charge is 0.255 e. The molecule has 37 heavy (non-hydrogen) atoms. The van der Waals surface area contributed by atoms with Crippen LogP contribution in [-0.4, -0.2) is 33.3 Å². The molecule has 0 saturated carbocycles. The Morgan fingerprint density at radius 3 is 2.65 bits per heavy atom. The molecule has 4 aromatic rings. The number of halogens is 1. The third kappa shape index (κ3) is 4.82. The van der Waals surface area contributed by atoms with Crippen LogP contribution in [0.15, 0.2) is 73.3 Å². The van der Waals surface area contributed by atoms with Crippen LogP contribution in [0.4, 0.5) is 15.8 Å². The van der Waals surface area contributed by atoms with Gasteiger partial charge in [-0.1, -0.05) is 19.9 Å². The van der Waals surface area contributed by atoms with E-state index in [0.717, 1.165) is 16.8 Å². The van der Waals surface area contributed by atoms with Crippen LogP contribution in [0.3, 0.4) is 0 Å². The summed E-state index contributed by atoms with van der Waals surface area (Å²) >= 11 is 0. The Morgan fingerprint density at radius 1 is 1.05 bits per heavy atom. The van der Waals surface area contributed by atoms with E-state index in [0.29, 0.717) is 34.7 Å². The zero-order valence-corrected chi connectivity index (χ0v) is 20.8. The summed E-state index contributed by atoms with van der Waals surface area (Å²) in [7, 11) is 0. The van der Waals surface area contributed by atoms with Crippen molar-refractivity contribution in [2.75, 3.05) is 16.8 Å². The van der Waals surface area contributed by atoms with Crippen molar-refractivity contribution in [3.8, 4) is 11.3 Å². The second-order valence-corrected chi connectivity index (χ2v) is 9.75. The highest BCUT2D eigenvalue weighted by molar-refractivity contribution is 6.05. The van der Waals surface area contributed by atoms with Gasteiger partial charge in [0.2, 0.25) is 5.91 Å². The summed E-state index contributed by atoms with van der Waals surface area (Å²) in [4.78, 5) is 39.7. The van der Waals surface area contributed by atoms with Crippen molar-refractivity contribution >= 4 is 23.2 Å². The van der Waals surface area contributed by atoms with Crippen molar-refractivity contribution in [3.63, 3.8) is 0 Å². The van der Waals surface area contributed by atoms with Gasteiger partial charge in [0.05, 0.1) is 11.4 Å². The summed E-state index contributed by atoms with van der Waals surface area (Å²) in [5, 5.41) is 2.89. The molecular weight excluding hydrogens is 469 g/mol. The van der Waals surface area contributed by atoms with Crippen LogP contribution in [0, 0.1) is 5.82 Å².